The van der Waals surface area contributed by atoms with E-state index in [0.717, 1.165) is 25.2 Å². The van der Waals surface area contributed by atoms with Crippen molar-refractivity contribution < 1.29 is 4.42 Å². The van der Waals surface area contributed by atoms with Crippen molar-refractivity contribution in [2.24, 2.45) is 0 Å². The SMILES string of the molecule is C=CCn1c(=O)c2cnc(Nc3ccc4c(c3)CNCC4)nc2n1-c1cnc(C(C)(C)C)o1. The van der Waals surface area contributed by atoms with Gasteiger partial charge in [0.05, 0.1) is 12.7 Å². The first-order valence-corrected chi connectivity index (χ1v) is 11.0. The second-order valence-corrected chi connectivity index (χ2v) is 9.21. The Morgan fingerprint density at radius 1 is 1.24 bits per heavy atom. The molecule has 9 nitrogen and oxygen atoms in total. The summed E-state index contributed by atoms with van der Waals surface area (Å²) in [5.74, 6) is 1.39. The molecule has 1 aliphatic heterocycles. The smallest absolute Gasteiger partial charge is 0.278 e. The number of hydrogen-bond donors (Lipinski definition) is 2. The molecule has 1 aromatic carbocycles. The van der Waals surface area contributed by atoms with Crippen molar-refractivity contribution in [3.8, 4) is 5.88 Å². The molecule has 5 rings (SSSR count). The third-order valence-electron chi connectivity index (χ3n) is 5.67. The Morgan fingerprint density at radius 2 is 2.09 bits per heavy atom. The summed E-state index contributed by atoms with van der Waals surface area (Å²) in [5, 5.41) is 7.06. The fourth-order valence-electron chi connectivity index (χ4n) is 4.00. The van der Waals surface area contributed by atoms with E-state index < -0.39 is 0 Å². The van der Waals surface area contributed by atoms with Crippen LogP contribution in [0.1, 0.15) is 37.8 Å². The second-order valence-electron chi connectivity index (χ2n) is 9.21. The summed E-state index contributed by atoms with van der Waals surface area (Å²) < 4.78 is 9.20. The van der Waals surface area contributed by atoms with Crippen molar-refractivity contribution in [2.75, 3.05) is 11.9 Å². The van der Waals surface area contributed by atoms with Crippen molar-refractivity contribution in [3.05, 3.63) is 70.6 Å². The van der Waals surface area contributed by atoms with Crippen LogP contribution in [-0.2, 0) is 24.9 Å². The molecule has 4 heterocycles. The van der Waals surface area contributed by atoms with Crippen LogP contribution in [0.2, 0.25) is 0 Å². The monoisotopic (exact) mass is 445 g/mol. The van der Waals surface area contributed by atoms with Crippen LogP contribution in [0.25, 0.3) is 16.9 Å². The van der Waals surface area contributed by atoms with Gasteiger partial charge in [-0.3, -0.25) is 4.79 Å². The van der Waals surface area contributed by atoms with Crippen molar-refractivity contribution in [1.82, 2.24) is 29.6 Å². The zero-order valence-corrected chi connectivity index (χ0v) is 19.1. The minimum Gasteiger partial charge on any atom is -0.422 e. The molecule has 0 unspecified atom stereocenters. The quantitative estimate of drug-likeness (QED) is 0.454. The number of anilines is 2. The number of hydrogen-bond acceptors (Lipinski definition) is 7. The van der Waals surface area contributed by atoms with Gasteiger partial charge in [-0.05, 0) is 36.2 Å². The van der Waals surface area contributed by atoms with Crippen LogP contribution in [0.3, 0.4) is 0 Å². The van der Waals surface area contributed by atoms with Crippen LogP contribution in [0.5, 0.6) is 0 Å². The first-order chi connectivity index (χ1) is 15.8. The predicted molar refractivity (Wildman–Crippen MR) is 127 cm³/mol. The molecule has 3 aromatic heterocycles. The number of benzene rings is 1. The fraction of sp³-hybridized carbons (Fsp3) is 0.333. The molecule has 2 N–H and O–H groups in total. The van der Waals surface area contributed by atoms with Gasteiger partial charge in [-0.25, -0.2) is 14.6 Å². The summed E-state index contributed by atoms with van der Waals surface area (Å²) in [6.07, 6.45) is 5.84. The number of allylic oxidation sites excluding steroid dienone is 1. The average molecular weight is 446 g/mol. The molecule has 170 valence electrons. The first-order valence-electron chi connectivity index (χ1n) is 11.0. The van der Waals surface area contributed by atoms with Gasteiger partial charge in [0.25, 0.3) is 5.56 Å². The average Bonchev–Trinajstić information content (AvgIpc) is 3.38. The Hall–Kier alpha value is -3.72. The van der Waals surface area contributed by atoms with E-state index in [1.807, 2.05) is 26.8 Å². The first kappa shape index (κ1) is 21.1. The lowest BCUT2D eigenvalue weighted by molar-refractivity contribution is 0.373. The van der Waals surface area contributed by atoms with Gasteiger partial charge in [-0.2, -0.15) is 9.67 Å². The van der Waals surface area contributed by atoms with E-state index in [4.69, 9.17) is 4.42 Å². The van der Waals surface area contributed by atoms with Gasteiger partial charge < -0.3 is 15.1 Å². The molecule has 0 saturated carbocycles. The van der Waals surface area contributed by atoms with Gasteiger partial charge in [0, 0.05) is 23.8 Å². The Bertz CT molecular complexity index is 1400. The molecule has 0 saturated heterocycles. The second kappa shape index (κ2) is 8.00. The Labute approximate surface area is 191 Å². The number of nitrogens with zero attached hydrogens (tertiary/aromatic N) is 5. The standard InChI is InChI=1S/C24H27N7O2/c1-5-10-30-21(32)18-13-27-23(28-17-7-6-15-8-9-25-12-16(15)11-17)29-20(18)31(30)19-14-26-22(33-19)24(2,3)4/h5-7,11,13-14,25H,1,8-10,12H2,2-4H3,(H,27,28,29). The van der Waals surface area contributed by atoms with E-state index in [9.17, 15) is 4.79 Å². The maximum atomic E-state index is 13.1. The maximum absolute atomic E-state index is 13.1. The maximum Gasteiger partial charge on any atom is 0.278 e. The minimum absolute atomic E-state index is 0.218. The molecule has 33 heavy (non-hydrogen) atoms. The van der Waals surface area contributed by atoms with E-state index in [-0.39, 0.29) is 11.0 Å². The predicted octanol–water partition coefficient (Wildman–Crippen LogP) is 3.44. The minimum atomic E-state index is -0.270. The van der Waals surface area contributed by atoms with Crippen LogP contribution in [0.4, 0.5) is 11.6 Å². The van der Waals surface area contributed by atoms with Crippen molar-refractivity contribution >= 4 is 22.7 Å². The van der Waals surface area contributed by atoms with Gasteiger partial charge in [0.1, 0.15) is 5.39 Å². The van der Waals surface area contributed by atoms with E-state index in [1.54, 1.807) is 23.2 Å². The third-order valence-corrected chi connectivity index (χ3v) is 5.67. The molecule has 9 heteroatoms. The van der Waals surface area contributed by atoms with Crippen LogP contribution in [0, 0.1) is 0 Å². The van der Waals surface area contributed by atoms with Crippen molar-refractivity contribution in [3.63, 3.8) is 0 Å². The Morgan fingerprint density at radius 3 is 2.85 bits per heavy atom. The number of aromatic nitrogens is 5. The summed E-state index contributed by atoms with van der Waals surface area (Å²) >= 11 is 0. The van der Waals surface area contributed by atoms with Gasteiger partial charge >= 0.3 is 0 Å². The lowest BCUT2D eigenvalue weighted by atomic mass is 9.97. The normalized spacial score (nSPS) is 13.8. The van der Waals surface area contributed by atoms with Gasteiger partial charge in [-0.15, -0.1) is 6.58 Å². The van der Waals surface area contributed by atoms with Crippen LogP contribution < -0.4 is 16.2 Å². The van der Waals surface area contributed by atoms with Crippen LogP contribution >= 0.6 is 0 Å². The topological polar surface area (TPSA) is 103 Å². The van der Waals surface area contributed by atoms with Gasteiger partial charge in [0.15, 0.2) is 5.65 Å². The number of fused-ring (bicyclic) bond motifs is 2. The third kappa shape index (κ3) is 3.84. The molecule has 0 bridgehead atoms. The van der Waals surface area contributed by atoms with Crippen LogP contribution in [0.15, 0.2) is 52.5 Å². The lowest BCUT2D eigenvalue weighted by Crippen LogP contribution is -2.23. The number of nitrogens with one attached hydrogen (secondary N) is 2. The van der Waals surface area contributed by atoms with E-state index in [2.05, 4.69) is 44.3 Å². The molecule has 1 aliphatic rings. The zero-order valence-electron chi connectivity index (χ0n) is 19.1. The highest BCUT2D eigenvalue weighted by Crippen LogP contribution is 2.26. The summed E-state index contributed by atoms with van der Waals surface area (Å²) in [5.41, 5.74) is 3.46. The van der Waals surface area contributed by atoms with E-state index in [0.29, 0.717) is 35.3 Å². The Balaban J connectivity index is 1.59. The molecule has 0 amide bonds. The highest BCUT2D eigenvalue weighted by atomic mass is 16.4. The highest BCUT2D eigenvalue weighted by Gasteiger charge is 2.24. The van der Waals surface area contributed by atoms with E-state index in [1.165, 1.54) is 15.8 Å². The number of rotatable bonds is 5. The van der Waals surface area contributed by atoms with Crippen molar-refractivity contribution in [1.29, 1.82) is 0 Å². The van der Waals surface area contributed by atoms with Gasteiger partial charge in [-0.1, -0.05) is 32.9 Å². The molecule has 0 radical (unpaired) electrons. The molecule has 0 fully saturated rings. The van der Waals surface area contributed by atoms with Gasteiger partial charge in [0.2, 0.25) is 17.7 Å². The fourth-order valence-corrected chi connectivity index (χ4v) is 4.00. The molecule has 0 aliphatic carbocycles. The largest absolute Gasteiger partial charge is 0.422 e. The highest BCUT2D eigenvalue weighted by molar-refractivity contribution is 5.76. The molecular formula is C24H27N7O2. The summed E-state index contributed by atoms with van der Waals surface area (Å²) in [7, 11) is 0. The molecule has 0 spiro atoms. The summed E-state index contributed by atoms with van der Waals surface area (Å²) in [6, 6.07) is 6.27. The molecule has 0 atom stereocenters. The Kier molecular flexibility index (Phi) is 5.13. The van der Waals surface area contributed by atoms with Crippen molar-refractivity contribution in [2.45, 2.75) is 45.7 Å². The molecular weight excluding hydrogens is 418 g/mol. The van der Waals surface area contributed by atoms with E-state index >= 15 is 0 Å². The number of oxazole rings is 1. The zero-order chi connectivity index (χ0) is 23.2. The summed E-state index contributed by atoms with van der Waals surface area (Å²) in [6.45, 7) is 12.0. The lowest BCUT2D eigenvalue weighted by Gasteiger charge is -2.18. The summed E-state index contributed by atoms with van der Waals surface area (Å²) in [4.78, 5) is 26.6. The molecule has 4 aromatic rings. The van der Waals surface area contributed by atoms with Crippen LogP contribution in [-0.4, -0.2) is 30.9 Å².